The van der Waals surface area contributed by atoms with Gasteiger partial charge < -0.3 is 40.3 Å². The molecule has 1 saturated heterocycles. The number of rotatable bonds is 5. The van der Waals surface area contributed by atoms with Crippen LogP contribution in [0.1, 0.15) is 54.4 Å². The fourth-order valence-electron chi connectivity index (χ4n) is 8.41. The van der Waals surface area contributed by atoms with Gasteiger partial charge in [-0.05, 0) is 38.7 Å². The van der Waals surface area contributed by atoms with Crippen LogP contribution in [0.4, 0.5) is 4.79 Å². The molecule has 1 amide bonds. The molecule has 13 heteroatoms. The van der Waals surface area contributed by atoms with Gasteiger partial charge in [0, 0.05) is 67.7 Å². The van der Waals surface area contributed by atoms with E-state index in [9.17, 15) is 40.4 Å². The van der Waals surface area contributed by atoms with E-state index in [1.807, 2.05) is 0 Å². The van der Waals surface area contributed by atoms with Crippen molar-refractivity contribution < 1.29 is 98.8 Å². The van der Waals surface area contributed by atoms with E-state index in [4.69, 9.17) is 9.62 Å². The van der Waals surface area contributed by atoms with Crippen LogP contribution in [-0.2, 0) is 19.2 Å². The van der Waals surface area contributed by atoms with Crippen LogP contribution in [-0.4, -0.2) is 104 Å². The topological polar surface area (TPSA) is 195 Å². The zero-order valence-corrected chi connectivity index (χ0v) is 28.9. The molecule has 0 spiro atoms. The molecule has 4 aliphatic rings. The van der Waals surface area contributed by atoms with Crippen molar-refractivity contribution in [1.29, 1.82) is 0 Å². The molecular weight excluding hydrogens is 741 g/mol. The summed E-state index contributed by atoms with van der Waals surface area (Å²) in [4.78, 5) is 30.6. The normalized spacial score (nSPS) is 44.4. The van der Waals surface area contributed by atoms with Gasteiger partial charge in [0.2, 0.25) is 0 Å². The molecule has 40 heavy (non-hydrogen) atoms. The number of Topliss-reactive ketones (excluding diaryl/α,β-unsaturated/α-hetero) is 1. The molecular formula is C27H43AcNO11. The molecule has 2 saturated carbocycles. The Bertz CT molecular complexity index is 1050. The molecule has 4 rings (SSSR count). The van der Waals surface area contributed by atoms with Crippen LogP contribution >= 0.6 is 0 Å². The van der Waals surface area contributed by atoms with Crippen LogP contribution in [0.25, 0.3) is 0 Å². The molecule has 3 aliphatic carbocycles. The summed E-state index contributed by atoms with van der Waals surface area (Å²) in [6.45, 7) is 9.70. The van der Waals surface area contributed by atoms with Gasteiger partial charge in [0.25, 0.3) is 0 Å². The van der Waals surface area contributed by atoms with Gasteiger partial charge in [-0.15, -0.1) is 0 Å². The zero-order chi connectivity index (χ0) is 29.5. The summed E-state index contributed by atoms with van der Waals surface area (Å²) < 4.78 is 10.1. The SMILES string of the molecule is COC(=O)NC(C)C(O)[C@H](OO)C1CC2(O)C(C)C3C4(O)COC4CC(O)[C@@]3(C)C(=O)C(O)C(=C1C)C2(C)C.[Ac]. The minimum absolute atomic E-state index is 0. The Morgan fingerprint density at radius 1 is 1.20 bits per heavy atom. The van der Waals surface area contributed by atoms with E-state index in [0.717, 1.165) is 7.11 Å². The molecule has 12 nitrogen and oxygen atoms in total. The number of hydrogen-bond acceptors (Lipinski definition) is 11. The Morgan fingerprint density at radius 2 is 1.80 bits per heavy atom. The maximum absolute atomic E-state index is 14.1. The second kappa shape index (κ2) is 11.4. The average Bonchev–Trinajstić information content (AvgIpc) is 2.87. The van der Waals surface area contributed by atoms with Crippen molar-refractivity contribution in [3.05, 3.63) is 11.1 Å². The Kier molecular flexibility index (Phi) is 9.76. The first-order chi connectivity index (χ1) is 17.9. The maximum Gasteiger partial charge on any atom is 0.407 e. The number of aliphatic hydroxyl groups is 5. The second-order valence-electron chi connectivity index (χ2n) is 12.8. The molecule has 10 unspecified atom stereocenters. The number of amides is 1. The predicted octanol–water partition coefficient (Wildman–Crippen LogP) is 0.140. The molecule has 0 aromatic rings. The van der Waals surface area contributed by atoms with Gasteiger partial charge in [-0.1, -0.05) is 26.3 Å². The monoisotopic (exact) mass is 784 g/mol. The van der Waals surface area contributed by atoms with Crippen molar-refractivity contribution in [2.24, 2.45) is 28.6 Å². The number of carbonyl (C=O) groups excluding carboxylic acids is 2. The molecule has 0 aromatic carbocycles. The van der Waals surface area contributed by atoms with E-state index < -0.39 is 88.2 Å². The predicted molar refractivity (Wildman–Crippen MR) is 135 cm³/mol. The molecule has 7 N–H and O–H groups in total. The van der Waals surface area contributed by atoms with Crippen LogP contribution in [0.15, 0.2) is 11.1 Å². The van der Waals surface area contributed by atoms with Crippen LogP contribution in [0.5, 0.6) is 0 Å². The first kappa shape index (κ1) is 34.3. The van der Waals surface area contributed by atoms with Crippen molar-refractivity contribution >= 4 is 11.9 Å². The first-order valence-electron chi connectivity index (χ1n) is 13.5. The van der Waals surface area contributed by atoms with E-state index in [0.29, 0.717) is 5.57 Å². The smallest absolute Gasteiger partial charge is 0.407 e. The summed E-state index contributed by atoms with van der Waals surface area (Å²) in [5.74, 6) is -3.41. The van der Waals surface area contributed by atoms with Gasteiger partial charge in [-0.25, -0.2) is 9.68 Å². The molecule has 2 bridgehead atoms. The number of ketones is 1. The average molecular weight is 785 g/mol. The summed E-state index contributed by atoms with van der Waals surface area (Å²) in [5.41, 5.74) is -5.42. The number of aliphatic hydroxyl groups excluding tert-OH is 3. The summed E-state index contributed by atoms with van der Waals surface area (Å²) >= 11 is 0. The number of alkyl carbamates (subject to hydrolysis) is 1. The number of nitrogens with one attached hydrogen (secondary N) is 1. The number of carbonyl (C=O) groups is 2. The maximum atomic E-state index is 14.1. The van der Waals surface area contributed by atoms with Gasteiger partial charge in [0.05, 0.1) is 43.0 Å². The third-order valence-electron chi connectivity index (χ3n) is 10.9. The Morgan fingerprint density at radius 3 is 2.30 bits per heavy atom. The fraction of sp³-hybridized carbons (Fsp3) is 0.852. The second-order valence-corrected chi connectivity index (χ2v) is 12.8. The zero-order valence-electron chi connectivity index (χ0n) is 24.1. The summed E-state index contributed by atoms with van der Waals surface area (Å²) in [6.07, 6.45) is -7.48. The minimum Gasteiger partial charge on any atom is -0.453 e. The first-order valence-corrected chi connectivity index (χ1v) is 13.5. The largest absolute Gasteiger partial charge is 0.453 e. The van der Waals surface area contributed by atoms with Gasteiger partial charge in [0.15, 0.2) is 5.78 Å². The van der Waals surface area contributed by atoms with E-state index in [1.165, 1.54) is 13.8 Å². The van der Waals surface area contributed by atoms with E-state index in [-0.39, 0.29) is 69.1 Å². The molecule has 1 heterocycles. The quantitative estimate of drug-likeness (QED) is 0.114. The molecule has 225 valence electrons. The summed E-state index contributed by atoms with van der Waals surface area (Å²) in [6, 6.07) is -0.948. The van der Waals surface area contributed by atoms with Gasteiger partial charge in [0.1, 0.15) is 23.9 Å². The standard InChI is InChI=1S/C27H43NO11.Ac/c1-11-14(20(39-36)18(30)13(3)28-23(33)37-7)9-27(35)12(2)21-25(6,15(29)8-16-26(21,34)10-38-16)22(32)19(31)17(11)24(27,4)5;/h12-16,18-21,29-31,34-36H,8-10H2,1-7H3,(H,28,33);/t12?,13?,14?,15?,16?,18?,19?,20-,21?,25-,26?,27?;/m1./s1. The Labute approximate surface area is 269 Å². The van der Waals surface area contributed by atoms with Crippen molar-refractivity contribution in [3.63, 3.8) is 0 Å². The van der Waals surface area contributed by atoms with Crippen molar-refractivity contribution in [2.45, 2.75) is 102 Å². The summed E-state index contributed by atoms with van der Waals surface area (Å²) in [5, 5.41) is 70.8. The molecule has 3 fully saturated rings. The number of fused-ring (bicyclic) bond motifs is 5. The van der Waals surface area contributed by atoms with Crippen LogP contribution in [0.3, 0.4) is 0 Å². The fourth-order valence-corrected chi connectivity index (χ4v) is 8.41. The van der Waals surface area contributed by atoms with Crippen LogP contribution in [0.2, 0.25) is 0 Å². The van der Waals surface area contributed by atoms with Crippen LogP contribution < -0.4 is 5.32 Å². The summed E-state index contributed by atoms with van der Waals surface area (Å²) in [7, 11) is 1.16. The van der Waals surface area contributed by atoms with Gasteiger partial charge in [-0.2, -0.15) is 0 Å². The van der Waals surface area contributed by atoms with Crippen molar-refractivity contribution in [3.8, 4) is 0 Å². The number of ether oxygens (including phenoxy) is 2. The van der Waals surface area contributed by atoms with Gasteiger partial charge in [-0.3, -0.25) is 10.1 Å². The molecule has 1 radical (unpaired) electrons. The third kappa shape index (κ3) is 4.57. The van der Waals surface area contributed by atoms with Crippen molar-refractivity contribution in [2.75, 3.05) is 13.7 Å². The molecule has 12 atom stereocenters. The Hall–Kier alpha value is -0.198. The number of hydrogen-bond donors (Lipinski definition) is 7. The molecule has 1 aliphatic heterocycles. The molecule has 0 aromatic heterocycles. The van der Waals surface area contributed by atoms with Gasteiger partial charge >= 0.3 is 6.09 Å². The third-order valence-corrected chi connectivity index (χ3v) is 10.9. The minimum atomic E-state index is -1.76. The van der Waals surface area contributed by atoms with E-state index in [1.54, 1.807) is 27.7 Å². The Balaban J connectivity index is 0.00000441. The van der Waals surface area contributed by atoms with E-state index in [2.05, 4.69) is 10.1 Å². The van der Waals surface area contributed by atoms with Crippen LogP contribution in [0, 0.1) is 72.6 Å². The number of methoxy groups -OCH3 is 1. The van der Waals surface area contributed by atoms with Crippen molar-refractivity contribution in [1.82, 2.24) is 5.32 Å². The van der Waals surface area contributed by atoms with E-state index >= 15 is 0 Å².